The summed E-state index contributed by atoms with van der Waals surface area (Å²) in [5.41, 5.74) is 2.15. The summed E-state index contributed by atoms with van der Waals surface area (Å²) >= 11 is 0.371. The molecule has 0 saturated carbocycles. The van der Waals surface area contributed by atoms with Crippen molar-refractivity contribution in [3.05, 3.63) is 51.6 Å². The van der Waals surface area contributed by atoms with Crippen molar-refractivity contribution in [2.24, 2.45) is 0 Å². The fraction of sp³-hybridized carbons (Fsp3) is 0.250. The van der Waals surface area contributed by atoms with E-state index in [-0.39, 0.29) is 10.6 Å². The number of para-hydroxylation sites is 1. The first kappa shape index (κ1) is 16.5. The molecule has 2 aromatic heterocycles. The molecule has 0 fully saturated rings. The monoisotopic (exact) mass is 353 g/mol. The molecular weight excluding hydrogens is 339 g/mol. The molecule has 0 spiro atoms. The number of carbonyl (C=O) groups is 1. The number of amides is 1. The van der Waals surface area contributed by atoms with Crippen LogP contribution in [0.15, 0.2) is 30.5 Å². The fourth-order valence-corrected chi connectivity index (χ4v) is 3.31. The topological polar surface area (TPSA) is 57.8 Å². The van der Waals surface area contributed by atoms with Gasteiger partial charge in [-0.25, -0.2) is 4.98 Å². The molecule has 4 nitrogen and oxygen atoms in total. The minimum Gasteiger partial charge on any atom is -0.361 e. The third-order valence-electron chi connectivity index (χ3n) is 3.60. The number of hydrogen-bond acceptors (Lipinski definition) is 3. The quantitative estimate of drug-likeness (QED) is 0.747. The van der Waals surface area contributed by atoms with Crippen LogP contribution >= 0.6 is 11.3 Å². The van der Waals surface area contributed by atoms with Gasteiger partial charge in [0.2, 0.25) is 0 Å². The standard InChI is InChI=1S/C16H14F3N3OS/c1-9-13(24-15(22-9)16(17,18)19)14(23)20-7-6-10-8-21-12-5-3-2-4-11(10)12/h2-5,8,21H,6-7H2,1H3,(H,20,23). The Morgan fingerprint density at radius 1 is 1.33 bits per heavy atom. The molecule has 2 N–H and O–H groups in total. The first-order valence-electron chi connectivity index (χ1n) is 7.24. The van der Waals surface area contributed by atoms with Crippen molar-refractivity contribution >= 4 is 28.1 Å². The number of thiazole rings is 1. The number of hydrogen-bond donors (Lipinski definition) is 2. The van der Waals surface area contributed by atoms with Crippen LogP contribution in [0.1, 0.15) is 25.9 Å². The average molecular weight is 353 g/mol. The number of alkyl halides is 3. The molecule has 24 heavy (non-hydrogen) atoms. The minimum atomic E-state index is -4.53. The molecule has 0 radical (unpaired) electrons. The van der Waals surface area contributed by atoms with Gasteiger partial charge in [0, 0.05) is 23.6 Å². The molecule has 126 valence electrons. The number of benzene rings is 1. The second-order valence-electron chi connectivity index (χ2n) is 5.30. The van der Waals surface area contributed by atoms with E-state index in [0.29, 0.717) is 24.3 Å². The fourth-order valence-electron chi connectivity index (χ4n) is 2.46. The Kier molecular flexibility index (Phi) is 4.31. The molecule has 8 heteroatoms. The molecule has 0 aliphatic heterocycles. The lowest BCUT2D eigenvalue weighted by molar-refractivity contribution is -0.137. The van der Waals surface area contributed by atoms with Crippen LogP contribution in [0.3, 0.4) is 0 Å². The molecule has 3 aromatic rings. The molecular formula is C16H14F3N3OS. The Labute approximate surface area is 139 Å². The zero-order chi connectivity index (χ0) is 17.3. The van der Waals surface area contributed by atoms with Gasteiger partial charge in [0.15, 0.2) is 5.01 Å². The number of H-pyrrole nitrogens is 1. The van der Waals surface area contributed by atoms with E-state index in [9.17, 15) is 18.0 Å². The van der Waals surface area contributed by atoms with Gasteiger partial charge in [-0.15, -0.1) is 11.3 Å². The predicted molar refractivity (Wildman–Crippen MR) is 86.2 cm³/mol. The number of nitrogens with one attached hydrogen (secondary N) is 2. The van der Waals surface area contributed by atoms with Crippen LogP contribution in [-0.4, -0.2) is 22.4 Å². The van der Waals surface area contributed by atoms with Crippen LogP contribution < -0.4 is 5.32 Å². The molecule has 0 bridgehead atoms. The summed E-state index contributed by atoms with van der Waals surface area (Å²) in [4.78, 5) is 18.7. The van der Waals surface area contributed by atoms with E-state index < -0.39 is 17.1 Å². The van der Waals surface area contributed by atoms with Crippen molar-refractivity contribution in [1.29, 1.82) is 0 Å². The van der Waals surface area contributed by atoms with Crippen molar-refractivity contribution in [2.75, 3.05) is 6.54 Å². The molecule has 1 aromatic carbocycles. The number of rotatable bonds is 4. The molecule has 0 aliphatic carbocycles. The van der Waals surface area contributed by atoms with E-state index in [1.54, 1.807) is 0 Å². The predicted octanol–water partition coefficient (Wildman–Crippen LogP) is 3.92. The summed E-state index contributed by atoms with van der Waals surface area (Å²) in [5, 5.41) is 2.73. The number of carbonyl (C=O) groups excluding carboxylic acids is 1. The van der Waals surface area contributed by atoms with E-state index >= 15 is 0 Å². The Balaban J connectivity index is 1.65. The maximum absolute atomic E-state index is 12.6. The van der Waals surface area contributed by atoms with E-state index in [0.717, 1.165) is 16.5 Å². The van der Waals surface area contributed by atoms with Gasteiger partial charge in [-0.05, 0) is 25.0 Å². The number of aryl methyl sites for hydroxylation is 1. The Morgan fingerprint density at radius 2 is 2.08 bits per heavy atom. The van der Waals surface area contributed by atoms with Crippen LogP contribution in [0.2, 0.25) is 0 Å². The highest BCUT2D eigenvalue weighted by atomic mass is 32.1. The second-order valence-corrected chi connectivity index (χ2v) is 6.30. The van der Waals surface area contributed by atoms with E-state index in [2.05, 4.69) is 15.3 Å². The SMILES string of the molecule is Cc1nc(C(F)(F)F)sc1C(=O)NCCc1c[nH]c2ccccc12. The van der Waals surface area contributed by atoms with Gasteiger partial charge in [0.05, 0.1) is 5.69 Å². The normalized spacial score (nSPS) is 11.8. The third kappa shape index (κ3) is 3.28. The molecule has 1 amide bonds. The number of nitrogens with zero attached hydrogens (tertiary/aromatic N) is 1. The van der Waals surface area contributed by atoms with Gasteiger partial charge >= 0.3 is 6.18 Å². The second kappa shape index (κ2) is 6.27. The number of aromatic amines is 1. The smallest absolute Gasteiger partial charge is 0.361 e. The van der Waals surface area contributed by atoms with Crippen molar-refractivity contribution in [2.45, 2.75) is 19.5 Å². The summed E-state index contributed by atoms with van der Waals surface area (Å²) in [6.45, 7) is 1.74. The van der Waals surface area contributed by atoms with Gasteiger partial charge in [-0.1, -0.05) is 18.2 Å². The summed E-state index contributed by atoms with van der Waals surface area (Å²) in [7, 11) is 0. The minimum absolute atomic E-state index is 0.00116. The highest BCUT2D eigenvalue weighted by Crippen LogP contribution is 2.34. The Morgan fingerprint density at radius 3 is 2.79 bits per heavy atom. The number of halogens is 3. The summed E-state index contributed by atoms with van der Waals surface area (Å²) < 4.78 is 37.9. The van der Waals surface area contributed by atoms with Gasteiger partial charge < -0.3 is 10.3 Å². The molecule has 2 heterocycles. The Bertz CT molecular complexity index is 882. The lowest BCUT2D eigenvalue weighted by Crippen LogP contribution is -2.25. The molecule has 3 rings (SSSR count). The van der Waals surface area contributed by atoms with E-state index in [1.165, 1.54) is 6.92 Å². The lowest BCUT2D eigenvalue weighted by atomic mass is 10.1. The van der Waals surface area contributed by atoms with E-state index in [4.69, 9.17) is 0 Å². The average Bonchev–Trinajstić information content (AvgIpc) is 3.11. The number of fused-ring (bicyclic) bond motifs is 1. The first-order chi connectivity index (χ1) is 11.4. The van der Waals surface area contributed by atoms with Gasteiger partial charge in [0.1, 0.15) is 4.88 Å². The molecule has 0 aliphatic rings. The van der Waals surface area contributed by atoms with E-state index in [1.807, 2.05) is 30.5 Å². The first-order valence-corrected chi connectivity index (χ1v) is 8.05. The summed E-state index contributed by atoms with van der Waals surface area (Å²) in [6, 6.07) is 7.79. The molecule has 0 atom stereocenters. The highest BCUT2D eigenvalue weighted by molar-refractivity contribution is 7.13. The van der Waals surface area contributed by atoms with Crippen LogP contribution in [-0.2, 0) is 12.6 Å². The van der Waals surface area contributed by atoms with Gasteiger partial charge in [0.25, 0.3) is 5.91 Å². The molecule has 0 unspecified atom stereocenters. The lowest BCUT2D eigenvalue weighted by Gasteiger charge is -2.03. The van der Waals surface area contributed by atoms with Crippen LogP contribution in [0.5, 0.6) is 0 Å². The van der Waals surface area contributed by atoms with Crippen molar-refractivity contribution < 1.29 is 18.0 Å². The zero-order valence-corrected chi connectivity index (χ0v) is 13.5. The zero-order valence-electron chi connectivity index (χ0n) is 12.7. The van der Waals surface area contributed by atoms with Crippen LogP contribution in [0.25, 0.3) is 10.9 Å². The summed E-state index contributed by atoms with van der Waals surface area (Å²) in [5.74, 6) is -0.527. The van der Waals surface area contributed by atoms with Crippen LogP contribution in [0, 0.1) is 6.92 Å². The Hall–Kier alpha value is -2.35. The number of aromatic nitrogens is 2. The van der Waals surface area contributed by atoms with Gasteiger partial charge in [-0.3, -0.25) is 4.79 Å². The third-order valence-corrected chi connectivity index (χ3v) is 4.80. The highest BCUT2D eigenvalue weighted by Gasteiger charge is 2.36. The van der Waals surface area contributed by atoms with Crippen molar-refractivity contribution in [3.8, 4) is 0 Å². The largest absolute Gasteiger partial charge is 0.443 e. The van der Waals surface area contributed by atoms with Crippen LogP contribution in [0.4, 0.5) is 13.2 Å². The van der Waals surface area contributed by atoms with Gasteiger partial charge in [-0.2, -0.15) is 13.2 Å². The van der Waals surface area contributed by atoms with Crippen molar-refractivity contribution in [3.63, 3.8) is 0 Å². The van der Waals surface area contributed by atoms with Crippen molar-refractivity contribution in [1.82, 2.24) is 15.3 Å². The summed E-state index contributed by atoms with van der Waals surface area (Å²) in [6.07, 6.45) is -2.08. The molecule has 0 saturated heterocycles. The maximum Gasteiger partial charge on any atom is 0.443 e. The maximum atomic E-state index is 12.6.